The molecular formula is C11H12O4. The molecule has 1 aliphatic rings. The highest BCUT2D eigenvalue weighted by Crippen LogP contribution is 2.34. The molecule has 15 heavy (non-hydrogen) atoms. The molecule has 4 heteroatoms. The molecule has 0 bridgehead atoms. The van der Waals surface area contributed by atoms with Gasteiger partial charge >= 0.3 is 5.97 Å². The lowest BCUT2D eigenvalue weighted by molar-refractivity contribution is -0.151. The van der Waals surface area contributed by atoms with Crippen molar-refractivity contribution >= 4 is 5.97 Å². The SMILES string of the molecule is COC(=O)C1C[C@@H](O)c2ccccc2O1. The highest BCUT2D eigenvalue weighted by atomic mass is 16.6. The van der Waals surface area contributed by atoms with Crippen molar-refractivity contribution in [1.82, 2.24) is 0 Å². The van der Waals surface area contributed by atoms with E-state index in [-0.39, 0.29) is 6.42 Å². The minimum absolute atomic E-state index is 0.240. The molecule has 1 aromatic carbocycles. The van der Waals surface area contributed by atoms with Gasteiger partial charge in [-0.25, -0.2) is 4.79 Å². The molecule has 1 aliphatic heterocycles. The van der Waals surface area contributed by atoms with Crippen molar-refractivity contribution in [2.75, 3.05) is 7.11 Å². The second kappa shape index (κ2) is 3.90. The topological polar surface area (TPSA) is 55.8 Å². The van der Waals surface area contributed by atoms with E-state index in [0.717, 1.165) is 5.56 Å². The predicted octanol–water partition coefficient (Wildman–Crippen LogP) is 1.04. The summed E-state index contributed by atoms with van der Waals surface area (Å²) in [6.07, 6.45) is -1.14. The van der Waals surface area contributed by atoms with Gasteiger partial charge < -0.3 is 14.6 Å². The number of fused-ring (bicyclic) bond motifs is 1. The number of para-hydroxylation sites is 1. The molecule has 0 saturated carbocycles. The zero-order chi connectivity index (χ0) is 10.8. The zero-order valence-corrected chi connectivity index (χ0v) is 8.34. The van der Waals surface area contributed by atoms with Crippen molar-refractivity contribution in [3.05, 3.63) is 29.8 Å². The number of carbonyl (C=O) groups excluding carboxylic acids is 1. The summed E-state index contributed by atoms with van der Waals surface area (Å²) in [5, 5.41) is 9.79. The molecule has 0 amide bonds. The monoisotopic (exact) mass is 208 g/mol. The Morgan fingerprint density at radius 2 is 2.27 bits per heavy atom. The smallest absolute Gasteiger partial charge is 0.347 e. The van der Waals surface area contributed by atoms with Crippen molar-refractivity contribution in [1.29, 1.82) is 0 Å². The van der Waals surface area contributed by atoms with E-state index in [4.69, 9.17) is 4.74 Å². The summed E-state index contributed by atoms with van der Waals surface area (Å²) in [7, 11) is 1.30. The number of hydrogen-bond donors (Lipinski definition) is 1. The second-order valence-corrected chi connectivity index (χ2v) is 3.42. The highest BCUT2D eigenvalue weighted by molar-refractivity contribution is 5.75. The number of esters is 1. The Morgan fingerprint density at radius 1 is 1.53 bits per heavy atom. The number of rotatable bonds is 1. The average molecular weight is 208 g/mol. The minimum Gasteiger partial charge on any atom is -0.478 e. The van der Waals surface area contributed by atoms with Gasteiger partial charge in [-0.05, 0) is 6.07 Å². The summed E-state index contributed by atoms with van der Waals surface area (Å²) in [4.78, 5) is 11.3. The second-order valence-electron chi connectivity index (χ2n) is 3.42. The van der Waals surface area contributed by atoms with E-state index >= 15 is 0 Å². The van der Waals surface area contributed by atoms with Crippen LogP contribution < -0.4 is 4.74 Å². The molecule has 0 aromatic heterocycles. The van der Waals surface area contributed by atoms with Gasteiger partial charge in [-0.2, -0.15) is 0 Å². The van der Waals surface area contributed by atoms with Crippen LogP contribution in [0.1, 0.15) is 18.1 Å². The first kappa shape index (κ1) is 9.98. The maximum absolute atomic E-state index is 11.3. The van der Waals surface area contributed by atoms with E-state index in [1.165, 1.54) is 7.11 Å². The summed E-state index contributed by atoms with van der Waals surface area (Å²) < 4.78 is 10.00. The van der Waals surface area contributed by atoms with E-state index < -0.39 is 18.2 Å². The Bertz CT molecular complexity index is 375. The van der Waals surface area contributed by atoms with Crippen LogP contribution in [0, 0.1) is 0 Å². The van der Waals surface area contributed by atoms with E-state index in [2.05, 4.69) is 4.74 Å². The number of aliphatic hydroxyl groups is 1. The van der Waals surface area contributed by atoms with E-state index in [9.17, 15) is 9.90 Å². The van der Waals surface area contributed by atoms with Crippen LogP contribution in [0.2, 0.25) is 0 Å². The summed E-state index contributed by atoms with van der Waals surface area (Å²) in [5.74, 6) is 0.0928. The third-order valence-corrected chi connectivity index (χ3v) is 2.45. The van der Waals surface area contributed by atoms with Gasteiger partial charge in [0.05, 0.1) is 13.2 Å². The van der Waals surface area contributed by atoms with Crippen molar-refractivity contribution in [3.63, 3.8) is 0 Å². The van der Waals surface area contributed by atoms with Crippen LogP contribution in [-0.2, 0) is 9.53 Å². The molecule has 1 heterocycles. The molecule has 2 rings (SSSR count). The van der Waals surface area contributed by atoms with Crippen molar-refractivity contribution < 1.29 is 19.4 Å². The van der Waals surface area contributed by atoms with Gasteiger partial charge in [-0.3, -0.25) is 0 Å². The molecule has 4 nitrogen and oxygen atoms in total. The molecular weight excluding hydrogens is 196 g/mol. The van der Waals surface area contributed by atoms with Crippen LogP contribution in [-0.4, -0.2) is 24.3 Å². The fourth-order valence-corrected chi connectivity index (χ4v) is 1.67. The Morgan fingerprint density at radius 3 is 3.00 bits per heavy atom. The molecule has 2 atom stereocenters. The van der Waals surface area contributed by atoms with Crippen LogP contribution in [0.5, 0.6) is 5.75 Å². The molecule has 0 saturated heterocycles. The normalized spacial score (nSPS) is 23.9. The maximum atomic E-state index is 11.3. The first-order chi connectivity index (χ1) is 7.22. The van der Waals surface area contributed by atoms with Gasteiger partial charge in [-0.15, -0.1) is 0 Å². The lowest BCUT2D eigenvalue weighted by Gasteiger charge is -2.27. The zero-order valence-electron chi connectivity index (χ0n) is 8.34. The van der Waals surface area contributed by atoms with Crippen LogP contribution >= 0.6 is 0 Å². The Balaban J connectivity index is 2.26. The van der Waals surface area contributed by atoms with Crippen molar-refractivity contribution in [3.8, 4) is 5.75 Å². The number of benzene rings is 1. The molecule has 0 radical (unpaired) electrons. The predicted molar refractivity (Wildman–Crippen MR) is 52.5 cm³/mol. The molecule has 1 aromatic rings. The van der Waals surface area contributed by atoms with Gasteiger partial charge in [0.2, 0.25) is 0 Å². The number of methoxy groups -OCH3 is 1. The van der Waals surface area contributed by atoms with E-state index in [1.54, 1.807) is 18.2 Å². The van der Waals surface area contributed by atoms with Gasteiger partial charge in [-0.1, -0.05) is 18.2 Å². The van der Waals surface area contributed by atoms with Crippen LogP contribution in [0.25, 0.3) is 0 Å². The summed E-state index contributed by atoms with van der Waals surface area (Å²) >= 11 is 0. The Kier molecular flexibility index (Phi) is 2.60. The first-order valence-electron chi connectivity index (χ1n) is 4.74. The molecule has 0 fully saturated rings. The Hall–Kier alpha value is -1.55. The number of aliphatic hydroxyl groups excluding tert-OH is 1. The van der Waals surface area contributed by atoms with Crippen LogP contribution in [0.4, 0.5) is 0 Å². The largest absolute Gasteiger partial charge is 0.478 e. The summed E-state index contributed by atoms with van der Waals surface area (Å²) in [5.41, 5.74) is 0.720. The van der Waals surface area contributed by atoms with Crippen molar-refractivity contribution in [2.24, 2.45) is 0 Å². The minimum atomic E-state index is -0.708. The Labute approximate surface area is 87.4 Å². The van der Waals surface area contributed by atoms with E-state index in [0.29, 0.717) is 5.75 Å². The van der Waals surface area contributed by atoms with E-state index in [1.807, 2.05) is 6.07 Å². The summed E-state index contributed by atoms with van der Waals surface area (Å²) in [6.45, 7) is 0. The fraction of sp³-hybridized carbons (Fsp3) is 0.364. The fourth-order valence-electron chi connectivity index (χ4n) is 1.67. The third-order valence-electron chi connectivity index (χ3n) is 2.45. The van der Waals surface area contributed by atoms with Crippen LogP contribution in [0.15, 0.2) is 24.3 Å². The first-order valence-corrected chi connectivity index (χ1v) is 4.74. The lowest BCUT2D eigenvalue weighted by atomic mass is 9.99. The average Bonchev–Trinajstić information content (AvgIpc) is 2.28. The van der Waals surface area contributed by atoms with Gasteiger partial charge in [0, 0.05) is 12.0 Å². The molecule has 1 unspecified atom stereocenters. The molecule has 0 aliphatic carbocycles. The van der Waals surface area contributed by atoms with Crippen LogP contribution in [0.3, 0.4) is 0 Å². The lowest BCUT2D eigenvalue weighted by Crippen LogP contribution is -2.33. The quantitative estimate of drug-likeness (QED) is 0.701. The highest BCUT2D eigenvalue weighted by Gasteiger charge is 2.31. The maximum Gasteiger partial charge on any atom is 0.347 e. The standard InChI is InChI=1S/C11H12O4/c1-14-11(13)10-6-8(12)7-4-2-3-5-9(7)15-10/h2-5,8,10,12H,6H2,1H3/t8-,10?/m1/s1. The summed E-state index contributed by atoms with van der Waals surface area (Å²) in [6, 6.07) is 7.14. The number of carbonyl (C=O) groups is 1. The van der Waals surface area contributed by atoms with Gasteiger partial charge in [0.1, 0.15) is 5.75 Å². The molecule has 80 valence electrons. The number of ether oxygens (including phenoxy) is 2. The molecule has 0 spiro atoms. The van der Waals surface area contributed by atoms with Gasteiger partial charge in [0.15, 0.2) is 6.10 Å². The third kappa shape index (κ3) is 1.80. The molecule has 1 N–H and O–H groups in total. The van der Waals surface area contributed by atoms with Gasteiger partial charge in [0.25, 0.3) is 0 Å². The number of hydrogen-bond acceptors (Lipinski definition) is 4. The van der Waals surface area contributed by atoms with Crippen molar-refractivity contribution in [2.45, 2.75) is 18.6 Å².